The third-order valence-corrected chi connectivity index (χ3v) is 3.92. The van der Waals surface area contributed by atoms with Gasteiger partial charge in [-0.05, 0) is 46.1 Å². The SMILES string of the molecule is Cc1cccc(C(N)c2ccc(Cl)c(Br)c2)c1. The number of rotatable bonds is 2. The molecule has 0 saturated carbocycles. The number of hydrogen-bond acceptors (Lipinski definition) is 1. The lowest BCUT2D eigenvalue weighted by atomic mass is 9.98. The second kappa shape index (κ2) is 5.21. The topological polar surface area (TPSA) is 26.0 Å². The molecule has 0 bridgehead atoms. The van der Waals surface area contributed by atoms with Crippen LogP contribution in [0, 0.1) is 6.92 Å². The molecule has 88 valence electrons. The van der Waals surface area contributed by atoms with Crippen molar-refractivity contribution in [3.63, 3.8) is 0 Å². The monoisotopic (exact) mass is 309 g/mol. The highest BCUT2D eigenvalue weighted by molar-refractivity contribution is 9.10. The van der Waals surface area contributed by atoms with Crippen LogP contribution in [0.25, 0.3) is 0 Å². The van der Waals surface area contributed by atoms with Crippen molar-refractivity contribution < 1.29 is 0 Å². The van der Waals surface area contributed by atoms with Crippen LogP contribution in [-0.2, 0) is 0 Å². The molecule has 0 amide bonds. The Morgan fingerprint density at radius 3 is 2.47 bits per heavy atom. The molecule has 0 saturated heterocycles. The molecular formula is C14H13BrClN. The minimum Gasteiger partial charge on any atom is -0.320 e. The molecule has 17 heavy (non-hydrogen) atoms. The molecule has 1 nitrogen and oxygen atoms in total. The zero-order valence-electron chi connectivity index (χ0n) is 9.45. The number of benzene rings is 2. The number of halogens is 2. The Morgan fingerprint density at radius 1 is 1.12 bits per heavy atom. The highest BCUT2D eigenvalue weighted by Crippen LogP contribution is 2.28. The van der Waals surface area contributed by atoms with Gasteiger partial charge in [-0.2, -0.15) is 0 Å². The summed E-state index contributed by atoms with van der Waals surface area (Å²) in [5.74, 6) is 0. The Bertz CT molecular complexity index is 539. The molecule has 0 aliphatic heterocycles. The van der Waals surface area contributed by atoms with Crippen molar-refractivity contribution in [2.45, 2.75) is 13.0 Å². The fourth-order valence-electron chi connectivity index (χ4n) is 1.76. The summed E-state index contributed by atoms with van der Waals surface area (Å²) in [4.78, 5) is 0. The van der Waals surface area contributed by atoms with Crippen molar-refractivity contribution in [3.8, 4) is 0 Å². The van der Waals surface area contributed by atoms with E-state index in [-0.39, 0.29) is 6.04 Å². The average Bonchev–Trinajstić information content (AvgIpc) is 2.32. The summed E-state index contributed by atoms with van der Waals surface area (Å²) < 4.78 is 0.875. The third kappa shape index (κ3) is 2.89. The van der Waals surface area contributed by atoms with Crippen LogP contribution < -0.4 is 5.73 Å². The quantitative estimate of drug-likeness (QED) is 0.871. The first-order chi connectivity index (χ1) is 8.08. The first-order valence-electron chi connectivity index (χ1n) is 5.35. The lowest BCUT2D eigenvalue weighted by Crippen LogP contribution is -2.11. The molecule has 0 heterocycles. The molecule has 1 atom stereocenters. The zero-order valence-corrected chi connectivity index (χ0v) is 11.8. The van der Waals surface area contributed by atoms with Gasteiger partial charge in [-0.3, -0.25) is 0 Å². The minimum atomic E-state index is -0.122. The normalized spacial score (nSPS) is 12.5. The Balaban J connectivity index is 2.36. The Kier molecular flexibility index (Phi) is 3.87. The van der Waals surface area contributed by atoms with E-state index in [0.29, 0.717) is 5.02 Å². The van der Waals surface area contributed by atoms with Crippen LogP contribution >= 0.6 is 27.5 Å². The summed E-state index contributed by atoms with van der Waals surface area (Å²) >= 11 is 9.38. The summed E-state index contributed by atoms with van der Waals surface area (Å²) in [6.07, 6.45) is 0. The minimum absolute atomic E-state index is 0.122. The van der Waals surface area contributed by atoms with E-state index in [9.17, 15) is 0 Å². The van der Waals surface area contributed by atoms with Crippen LogP contribution in [0.2, 0.25) is 5.02 Å². The third-order valence-electron chi connectivity index (χ3n) is 2.70. The van der Waals surface area contributed by atoms with E-state index in [1.165, 1.54) is 5.56 Å². The first kappa shape index (κ1) is 12.6. The lowest BCUT2D eigenvalue weighted by Gasteiger charge is -2.14. The van der Waals surface area contributed by atoms with Gasteiger partial charge in [0.2, 0.25) is 0 Å². The fourth-order valence-corrected chi connectivity index (χ4v) is 2.28. The molecule has 2 aromatic rings. The molecule has 0 aromatic heterocycles. The molecule has 2 aromatic carbocycles. The molecule has 3 heteroatoms. The Labute approximate surface area is 115 Å². The highest BCUT2D eigenvalue weighted by Gasteiger charge is 2.10. The zero-order chi connectivity index (χ0) is 12.4. The predicted octanol–water partition coefficient (Wildman–Crippen LogP) is 4.46. The van der Waals surface area contributed by atoms with Gasteiger partial charge < -0.3 is 5.73 Å². The summed E-state index contributed by atoms with van der Waals surface area (Å²) in [6, 6.07) is 13.9. The molecule has 0 aliphatic rings. The summed E-state index contributed by atoms with van der Waals surface area (Å²) in [7, 11) is 0. The highest BCUT2D eigenvalue weighted by atomic mass is 79.9. The van der Waals surface area contributed by atoms with Crippen LogP contribution in [0.15, 0.2) is 46.9 Å². The Hall–Kier alpha value is -0.830. The summed E-state index contributed by atoms with van der Waals surface area (Å²) in [6.45, 7) is 2.06. The van der Waals surface area contributed by atoms with Gasteiger partial charge in [0.1, 0.15) is 0 Å². The van der Waals surface area contributed by atoms with E-state index >= 15 is 0 Å². The maximum Gasteiger partial charge on any atom is 0.0552 e. The molecular weight excluding hydrogens is 298 g/mol. The van der Waals surface area contributed by atoms with Gasteiger partial charge in [-0.15, -0.1) is 0 Å². The molecule has 1 unspecified atom stereocenters. The lowest BCUT2D eigenvalue weighted by molar-refractivity contribution is 0.869. The maximum absolute atomic E-state index is 6.24. The summed E-state index contributed by atoms with van der Waals surface area (Å²) in [5, 5.41) is 0.699. The van der Waals surface area contributed by atoms with Crippen LogP contribution in [0.4, 0.5) is 0 Å². The van der Waals surface area contributed by atoms with Gasteiger partial charge in [0, 0.05) is 4.47 Å². The molecule has 0 aliphatic carbocycles. The van der Waals surface area contributed by atoms with Crippen molar-refractivity contribution in [3.05, 3.63) is 68.7 Å². The number of aryl methyl sites for hydroxylation is 1. The molecule has 0 spiro atoms. The fraction of sp³-hybridized carbons (Fsp3) is 0.143. The van der Waals surface area contributed by atoms with E-state index in [1.54, 1.807) is 0 Å². The van der Waals surface area contributed by atoms with Crippen molar-refractivity contribution in [2.75, 3.05) is 0 Å². The Morgan fingerprint density at radius 2 is 1.82 bits per heavy atom. The van der Waals surface area contributed by atoms with E-state index in [1.807, 2.05) is 30.3 Å². The maximum atomic E-state index is 6.24. The molecule has 0 fully saturated rings. The van der Waals surface area contributed by atoms with Crippen LogP contribution in [0.5, 0.6) is 0 Å². The first-order valence-corrected chi connectivity index (χ1v) is 6.52. The van der Waals surface area contributed by atoms with Gasteiger partial charge in [-0.25, -0.2) is 0 Å². The van der Waals surface area contributed by atoms with Crippen LogP contribution in [0.1, 0.15) is 22.7 Å². The van der Waals surface area contributed by atoms with Crippen molar-refractivity contribution in [2.24, 2.45) is 5.73 Å². The van der Waals surface area contributed by atoms with Gasteiger partial charge >= 0.3 is 0 Å². The van der Waals surface area contributed by atoms with E-state index in [0.717, 1.165) is 15.6 Å². The smallest absolute Gasteiger partial charge is 0.0552 e. The second-order valence-electron chi connectivity index (χ2n) is 4.07. The van der Waals surface area contributed by atoms with Crippen molar-refractivity contribution >= 4 is 27.5 Å². The van der Waals surface area contributed by atoms with Gasteiger partial charge in [0.05, 0.1) is 11.1 Å². The molecule has 2 rings (SSSR count). The van der Waals surface area contributed by atoms with Gasteiger partial charge in [0.15, 0.2) is 0 Å². The van der Waals surface area contributed by atoms with Crippen molar-refractivity contribution in [1.82, 2.24) is 0 Å². The largest absolute Gasteiger partial charge is 0.320 e. The second-order valence-corrected chi connectivity index (χ2v) is 5.33. The van der Waals surface area contributed by atoms with Crippen molar-refractivity contribution in [1.29, 1.82) is 0 Å². The standard InChI is InChI=1S/C14H13BrClN/c1-9-3-2-4-10(7-9)14(17)11-5-6-13(16)12(15)8-11/h2-8,14H,17H2,1H3. The van der Waals surface area contributed by atoms with Gasteiger partial charge in [-0.1, -0.05) is 47.5 Å². The molecule has 2 N–H and O–H groups in total. The van der Waals surface area contributed by atoms with E-state index < -0.39 is 0 Å². The predicted molar refractivity (Wildman–Crippen MR) is 76.4 cm³/mol. The molecule has 0 radical (unpaired) electrons. The van der Waals surface area contributed by atoms with E-state index in [2.05, 4.69) is 35.0 Å². The van der Waals surface area contributed by atoms with Crippen LogP contribution in [-0.4, -0.2) is 0 Å². The van der Waals surface area contributed by atoms with Gasteiger partial charge in [0.25, 0.3) is 0 Å². The van der Waals surface area contributed by atoms with E-state index in [4.69, 9.17) is 17.3 Å². The van der Waals surface area contributed by atoms with Crippen LogP contribution in [0.3, 0.4) is 0 Å². The number of hydrogen-bond donors (Lipinski definition) is 1. The average molecular weight is 311 g/mol. The summed E-state index contributed by atoms with van der Waals surface area (Å²) in [5.41, 5.74) is 9.61. The number of nitrogens with two attached hydrogens (primary N) is 1.